The highest BCUT2D eigenvalue weighted by Gasteiger charge is 2.14. The molecule has 0 spiro atoms. The third kappa shape index (κ3) is 3.51. The van der Waals surface area contributed by atoms with Gasteiger partial charge in [0.1, 0.15) is 0 Å². The average Bonchev–Trinajstić information content (AvgIpc) is 2.46. The number of carbonyl (C=O) groups is 1. The highest BCUT2D eigenvalue weighted by molar-refractivity contribution is 5.92. The molecule has 2 heterocycles. The van der Waals surface area contributed by atoms with Crippen molar-refractivity contribution in [3.63, 3.8) is 0 Å². The van der Waals surface area contributed by atoms with Crippen molar-refractivity contribution in [1.29, 1.82) is 0 Å². The van der Waals surface area contributed by atoms with E-state index in [-0.39, 0.29) is 5.91 Å². The van der Waals surface area contributed by atoms with Gasteiger partial charge in [-0.05, 0) is 12.1 Å². The molecule has 1 N–H and O–H groups in total. The van der Waals surface area contributed by atoms with Gasteiger partial charge in [0.15, 0.2) is 0 Å². The van der Waals surface area contributed by atoms with Crippen LogP contribution in [0, 0.1) is 0 Å². The fourth-order valence-electron chi connectivity index (χ4n) is 2.07. The predicted octanol–water partition coefficient (Wildman–Crippen LogP) is 0.340. The number of amides is 1. The van der Waals surface area contributed by atoms with Gasteiger partial charge in [0, 0.05) is 64.3 Å². The zero-order chi connectivity index (χ0) is 12.8. The van der Waals surface area contributed by atoms with Crippen LogP contribution in [0.5, 0.6) is 0 Å². The van der Waals surface area contributed by atoms with Gasteiger partial charge in [-0.2, -0.15) is 0 Å². The number of nitrogens with one attached hydrogen (secondary N) is 1. The lowest BCUT2D eigenvalue weighted by Crippen LogP contribution is -2.44. The second-order valence-corrected chi connectivity index (χ2v) is 4.50. The van der Waals surface area contributed by atoms with E-state index in [0.717, 1.165) is 38.4 Å². The predicted molar refractivity (Wildman–Crippen MR) is 71.6 cm³/mol. The van der Waals surface area contributed by atoms with Gasteiger partial charge >= 0.3 is 0 Å². The molecule has 1 aromatic heterocycles. The Morgan fingerprint density at radius 1 is 1.39 bits per heavy atom. The summed E-state index contributed by atoms with van der Waals surface area (Å²) in [5.74, 6) is 0.153. The lowest BCUT2D eigenvalue weighted by atomic mass is 10.3. The van der Waals surface area contributed by atoms with Crippen molar-refractivity contribution in [3.05, 3.63) is 24.5 Å². The maximum Gasteiger partial charge on any atom is 0.228 e. The first-order chi connectivity index (χ1) is 8.77. The molecular formula is C13H20N4O. The minimum absolute atomic E-state index is 0.153. The summed E-state index contributed by atoms with van der Waals surface area (Å²) in [5, 5.41) is 3.31. The Morgan fingerprint density at radius 2 is 2.06 bits per heavy atom. The number of nitrogens with zero attached hydrogens (tertiary/aromatic N) is 3. The van der Waals surface area contributed by atoms with Crippen molar-refractivity contribution in [2.24, 2.45) is 0 Å². The fraction of sp³-hybridized carbons (Fsp3) is 0.538. The third-order valence-corrected chi connectivity index (χ3v) is 3.28. The van der Waals surface area contributed by atoms with Gasteiger partial charge in [-0.25, -0.2) is 0 Å². The van der Waals surface area contributed by atoms with E-state index in [1.54, 1.807) is 17.3 Å². The van der Waals surface area contributed by atoms with Crippen molar-refractivity contribution < 1.29 is 4.79 Å². The van der Waals surface area contributed by atoms with Crippen LogP contribution >= 0.6 is 0 Å². The number of pyridine rings is 1. The molecule has 1 amide bonds. The Balaban J connectivity index is 1.80. The van der Waals surface area contributed by atoms with Crippen LogP contribution in [0.2, 0.25) is 0 Å². The second kappa shape index (κ2) is 6.47. The Morgan fingerprint density at radius 3 is 2.72 bits per heavy atom. The van der Waals surface area contributed by atoms with E-state index in [1.807, 2.05) is 19.2 Å². The zero-order valence-electron chi connectivity index (χ0n) is 10.8. The smallest absolute Gasteiger partial charge is 0.228 e. The molecule has 1 aliphatic heterocycles. The van der Waals surface area contributed by atoms with Gasteiger partial charge in [-0.15, -0.1) is 0 Å². The van der Waals surface area contributed by atoms with Crippen molar-refractivity contribution in [3.8, 4) is 0 Å². The average molecular weight is 248 g/mol. The van der Waals surface area contributed by atoms with Crippen molar-refractivity contribution in [1.82, 2.24) is 15.2 Å². The van der Waals surface area contributed by atoms with E-state index in [2.05, 4.69) is 15.2 Å². The Hall–Kier alpha value is -1.46. The summed E-state index contributed by atoms with van der Waals surface area (Å²) in [4.78, 5) is 20.0. The van der Waals surface area contributed by atoms with E-state index >= 15 is 0 Å². The lowest BCUT2D eigenvalue weighted by molar-refractivity contribution is -0.118. The van der Waals surface area contributed by atoms with E-state index in [9.17, 15) is 4.79 Å². The highest BCUT2D eigenvalue weighted by atomic mass is 16.2. The van der Waals surface area contributed by atoms with Gasteiger partial charge in [0.05, 0.1) is 0 Å². The number of carbonyl (C=O) groups excluding carboxylic acids is 1. The number of rotatable bonds is 4. The van der Waals surface area contributed by atoms with Gasteiger partial charge in [0.25, 0.3) is 0 Å². The van der Waals surface area contributed by atoms with Gasteiger partial charge in [-0.3, -0.25) is 9.78 Å². The molecule has 1 saturated heterocycles. The Kier molecular flexibility index (Phi) is 4.66. The number of piperazine rings is 1. The molecule has 0 unspecified atom stereocenters. The molecule has 1 aliphatic rings. The summed E-state index contributed by atoms with van der Waals surface area (Å²) in [7, 11) is 1.81. The summed E-state index contributed by atoms with van der Waals surface area (Å²) in [6, 6.07) is 3.70. The molecule has 0 aromatic carbocycles. The maximum atomic E-state index is 12.0. The summed E-state index contributed by atoms with van der Waals surface area (Å²) in [6.45, 7) is 4.96. The van der Waals surface area contributed by atoms with E-state index in [4.69, 9.17) is 0 Å². The highest BCUT2D eigenvalue weighted by Crippen LogP contribution is 2.11. The maximum absolute atomic E-state index is 12.0. The summed E-state index contributed by atoms with van der Waals surface area (Å²) in [5.41, 5.74) is 0.898. The molecule has 2 rings (SSSR count). The number of aromatic nitrogens is 1. The summed E-state index contributed by atoms with van der Waals surface area (Å²) >= 11 is 0. The fourth-order valence-corrected chi connectivity index (χ4v) is 2.07. The molecule has 0 atom stereocenters. The Bertz CT molecular complexity index is 376. The monoisotopic (exact) mass is 248 g/mol. The minimum Gasteiger partial charge on any atom is -0.315 e. The first-order valence-corrected chi connectivity index (χ1v) is 6.37. The van der Waals surface area contributed by atoms with Gasteiger partial charge in [0.2, 0.25) is 5.91 Å². The van der Waals surface area contributed by atoms with E-state index in [0.29, 0.717) is 6.42 Å². The van der Waals surface area contributed by atoms with Crippen molar-refractivity contribution in [2.75, 3.05) is 44.7 Å². The quantitative estimate of drug-likeness (QED) is 0.835. The standard InChI is InChI=1S/C13H20N4O/c1-16(12-2-5-14-6-3-12)13(18)4-9-17-10-7-15-8-11-17/h2-3,5-6,15H,4,7-11H2,1H3. The zero-order valence-corrected chi connectivity index (χ0v) is 10.8. The van der Waals surface area contributed by atoms with E-state index < -0.39 is 0 Å². The van der Waals surface area contributed by atoms with Crippen LogP contribution in [0.1, 0.15) is 6.42 Å². The molecule has 5 nitrogen and oxygen atoms in total. The topological polar surface area (TPSA) is 48.5 Å². The molecular weight excluding hydrogens is 228 g/mol. The number of hydrogen-bond acceptors (Lipinski definition) is 4. The summed E-state index contributed by atoms with van der Waals surface area (Å²) < 4.78 is 0. The SMILES string of the molecule is CN(C(=O)CCN1CCNCC1)c1ccncc1. The van der Waals surface area contributed by atoms with E-state index in [1.165, 1.54) is 0 Å². The number of anilines is 1. The summed E-state index contributed by atoms with van der Waals surface area (Å²) in [6.07, 6.45) is 3.98. The second-order valence-electron chi connectivity index (χ2n) is 4.50. The van der Waals surface area contributed by atoms with Crippen LogP contribution in [-0.2, 0) is 4.79 Å². The molecule has 0 radical (unpaired) electrons. The first-order valence-electron chi connectivity index (χ1n) is 6.37. The van der Waals surface area contributed by atoms with Crippen molar-refractivity contribution in [2.45, 2.75) is 6.42 Å². The molecule has 1 aromatic rings. The molecule has 0 saturated carbocycles. The molecule has 18 heavy (non-hydrogen) atoms. The normalized spacial score (nSPS) is 16.5. The van der Waals surface area contributed by atoms with Crippen LogP contribution in [0.15, 0.2) is 24.5 Å². The van der Waals surface area contributed by atoms with Crippen LogP contribution in [-0.4, -0.2) is 55.6 Å². The van der Waals surface area contributed by atoms with Crippen LogP contribution < -0.4 is 10.2 Å². The minimum atomic E-state index is 0.153. The molecule has 0 bridgehead atoms. The van der Waals surface area contributed by atoms with Gasteiger partial charge < -0.3 is 15.1 Å². The molecule has 1 fully saturated rings. The lowest BCUT2D eigenvalue weighted by Gasteiger charge is -2.27. The van der Waals surface area contributed by atoms with Gasteiger partial charge in [-0.1, -0.05) is 0 Å². The largest absolute Gasteiger partial charge is 0.315 e. The molecule has 98 valence electrons. The Labute approximate surface area is 108 Å². The number of hydrogen-bond donors (Lipinski definition) is 1. The van der Waals surface area contributed by atoms with Crippen LogP contribution in [0.25, 0.3) is 0 Å². The van der Waals surface area contributed by atoms with Crippen LogP contribution in [0.3, 0.4) is 0 Å². The van der Waals surface area contributed by atoms with Crippen LogP contribution in [0.4, 0.5) is 5.69 Å². The third-order valence-electron chi connectivity index (χ3n) is 3.28. The van der Waals surface area contributed by atoms with Crippen molar-refractivity contribution >= 4 is 11.6 Å². The molecule has 5 heteroatoms. The first kappa shape index (κ1) is 13.0. The molecule has 0 aliphatic carbocycles.